The Bertz CT molecular complexity index is 807. The number of hydrogen-bond acceptors (Lipinski definition) is 6. The van der Waals surface area contributed by atoms with E-state index in [1.165, 1.54) is 18.2 Å². The van der Waals surface area contributed by atoms with Gasteiger partial charge < -0.3 is 0 Å². The molecule has 1 aromatic heterocycles. The van der Waals surface area contributed by atoms with Crippen molar-refractivity contribution in [2.75, 3.05) is 11.9 Å². The van der Waals surface area contributed by atoms with Gasteiger partial charge in [-0.3, -0.25) is 10.1 Å². The fourth-order valence-corrected chi connectivity index (χ4v) is 3.93. The highest BCUT2D eigenvalue weighted by atomic mass is 35.5. The summed E-state index contributed by atoms with van der Waals surface area (Å²) in [4.78, 5) is 12.1. The van der Waals surface area contributed by atoms with Crippen LogP contribution in [-0.4, -0.2) is 31.1 Å². The second kappa shape index (κ2) is 6.88. The Labute approximate surface area is 140 Å². The van der Waals surface area contributed by atoms with Gasteiger partial charge in [0.1, 0.15) is 0 Å². The number of hydrogen-bond donors (Lipinski definition) is 2. The Kier molecular flexibility index (Phi) is 5.35. The van der Waals surface area contributed by atoms with E-state index in [1.54, 1.807) is 6.92 Å². The molecule has 0 radical (unpaired) electrons. The minimum atomic E-state index is -3.70. The van der Waals surface area contributed by atoms with Crippen LogP contribution in [0.4, 0.5) is 5.13 Å². The Balaban J connectivity index is 2.18. The molecule has 0 saturated heterocycles. The molecule has 2 N–H and O–H groups in total. The highest BCUT2D eigenvalue weighted by molar-refractivity contribution is 7.91. The average Bonchev–Trinajstić information content (AvgIpc) is 2.87. The molecule has 0 fully saturated rings. The van der Waals surface area contributed by atoms with E-state index in [1.807, 2.05) is 0 Å². The number of halogens is 2. The van der Waals surface area contributed by atoms with Crippen molar-refractivity contribution in [3.63, 3.8) is 0 Å². The third kappa shape index (κ3) is 3.93. The highest BCUT2D eigenvalue weighted by Crippen LogP contribution is 2.24. The number of nitrogens with one attached hydrogen (secondary N) is 2. The largest absolute Gasteiger partial charge is 0.296 e. The van der Waals surface area contributed by atoms with Crippen LogP contribution in [0.1, 0.15) is 17.3 Å². The molecule has 1 heterocycles. The maximum Gasteiger partial charge on any atom is 0.269 e. The lowest BCUT2D eigenvalue weighted by Crippen LogP contribution is -2.22. The van der Waals surface area contributed by atoms with Gasteiger partial charge in [0.15, 0.2) is 0 Å². The van der Waals surface area contributed by atoms with Crippen molar-refractivity contribution in [3.8, 4) is 0 Å². The zero-order chi connectivity index (χ0) is 16.3. The van der Waals surface area contributed by atoms with E-state index in [0.717, 1.165) is 11.3 Å². The van der Waals surface area contributed by atoms with Crippen LogP contribution in [0.3, 0.4) is 0 Å². The molecule has 2 aromatic rings. The smallest absolute Gasteiger partial charge is 0.269 e. The minimum absolute atomic E-state index is 0.0486. The first-order chi connectivity index (χ1) is 10.3. The van der Waals surface area contributed by atoms with Crippen molar-refractivity contribution in [1.82, 2.24) is 14.9 Å². The van der Waals surface area contributed by atoms with Gasteiger partial charge >= 0.3 is 0 Å². The van der Waals surface area contributed by atoms with Crippen molar-refractivity contribution < 1.29 is 13.2 Å². The van der Waals surface area contributed by atoms with Crippen molar-refractivity contribution in [2.45, 2.75) is 11.3 Å². The second-order valence-corrected chi connectivity index (χ2v) is 7.71. The number of sulfonamides is 1. The molecule has 0 aliphatic heterocycles. The molecule has 22 heavy (non-hydrogen) atoms. The monoisotopic (exact) mass is 380 g/mol. The van der Waals surface area contributed by atoms with Crippen molar-refractivity contribution in [1.29, 1.82) is 0 Å². The fraction of sp³-hybridized carbons (Fsp3) is 0.182. The molecule has 118 valence electrons. The Morgan fingerprint density at radius 2 is 2.05 bits per heavy atom. The molecule has 0 saturated carbocycles. The average molecular weight is 381 g/mol. The number of carbonyl (C=O) groups excluding carboxylic acids is 1. The van der Waals surface area contributed by atoms with E-state index in [9.17, 15) is 13.2 Å². The van der Waals surface area contributed by atoms with E-state index in [0.29, 0.717) is 5.02 Å². The zero-order valence-corrected chi connectivity index (χ0v) is 14.3. The highest BCUT2D eigenvalue weighted by Gasteiger charge is 2.20. The molecular weight excluding hydrogens is 371 g/mol. The molecule has 0 unspecified atom stereocenters. The Morgan fingerprint density at radius 3 is 2.68 bits per heavy atom. The van der Waals surface area contributed by atoms with Gasteiger partial charge in [0.2, 0.25) is 9.47 Å². The first-order valence-corrected chi connectivity index (χ1v) is 8.98. The van der Waals surface area contributed by atoms with Crippen LogP contribution in [0.15, 0.2) is 22.5 Å². The molecule has 1 amide bonds. The van der Waals surface area contributed by atoms with Crippen LogP contribution in [-0.2, 0) is 10.0 Å². The molecule has 0 aliphatic carbocycles. The Morgan fingerprint density at radius 1 is 1.32 bits per heavy atom. The number of rotatable bonds is 5. The van der Waals surface area contributed by atoms with E-state index in [4.69, 9.17) is 23.2 Å². The van der Waals surface area contributed by atoms with Gasteiger partial charge in [-0.25, -0.2) is 13.1 Å². The van der Waals surface area contributed by atoms with Gasteiger partial charge in [-0.05, 0) is 18.2 Å². The molecule has 0 bridgehead atoms. The topological polar surface area (TPSA) is 101 Å². The normalized spacial score (nSPS) is 11.4. The number of carbonyl (C=O) groups is 1. The molecule has 1 aromatic carbocycles. The molecule has 0 aliphatic rings. The number of anilines is 1. The molecule has 11 heteroatoms. The SMILES string of the molecule is CCNS(=O)(=O)c1nnc(NC(=O)c2ccc(Cl)cc2Cl)s1. The summed E-state index contributed by atoms with van der Waals surface area (Å²) in [6.45, 7) is 1.87. The van der Waals surface area contributed by atoms with Crippen LogP contribution in [0, 0.1) is 0 Å². The predicted molar refractivity (Wildman–Crippen MR) is 85.2 cm³/mol. The third-order valence-corrected chi connectivity index (χ3v) is 5.67. The van der Waals surface area contributed by atoms with Gasteiger partial charge in [-0.1, -0.05) is 41.5 Å². The molecule has 7 nitrogen and oxygen atoms in total. The van der Waals surface area contributed by atoms with Crippen LogP contribution >= 0.6 is 34.5 Å². The van der Waals surface area contributed by atoms with Gasteiger partial charge in [-0.15, -0.1) is 10.2 Å². The lowest BCUT2D eigenvalue weighted by atomic mass is 10.2. The first kappa shape index (κ1) is 17.1. The lowest BCUT2D eigenvalue weighted by Gasteiger charge is -2.03. The summed E-state index contributed by atoms with van der Waals surface area (Å²) in [7, 11) is -3.70. The van der Waals surface area contributed by atoms with Crippen LogP contribution in [0.25, 0.3) is 0 Å². The second-order valence-electron chi connectivity index (χ2n) is 3.95. The van der Waals surface area contributed by atoms with Crippen LogP contribution in [0.2, 0.25) is 10.0 Å². The minimum Gasteiger partial charge on any atom is -0.296 e. The van der Waals surface area contributed by atoms with E-state index >= 15 is 0 Å². The summed E-state index contributed by atoms with van der Waals surface area (Å²) in [5.74, 6) is -0.537. The predicted octanol–water partition coefficient (Wildman–Crippen LogP) is 2.40. The van der Waals surface area contributed by atoms with Crippen molar-refractivity contribution >= 4 is 55.6 Å². The third-order valence-electron chi connectivity index (χ3n) is 2.37. The molecular formula is C11H10Cl2N4O3S2. The number of aromatic nitrogens is 2. The number of benzene rings is 1. The number of nitrogens with zero attached hydrogens (tertiary/aromatic N) is 2. The maximum absolute atomic E-state index is 12.1. The van der Waals surface area contributed by atoms with Crippen LogP contribution < -0.4 is 10.0 Å². The summed E-state index contributed by atoms with van der Waals surface area (Å²) in [6.07, 6.45) is 0. The zero-order valence-electron chi connectivity index (χ0n) is 11.1. The van der Waals surface area contributed by atoms with Gasteiger partial charge in [0.25, 0.3) is 15.9 Å². The molecule has 2 rings (SSSR count). The summed E-state index contributed by atoms with van der Waals surface area (Å²) >= 11 is 12.4. The fourth-order valence-electron chi connectivity index (χ4n) is 1.46. The summed E-state index contributed by atoms with van der Waals surface area (Å²) in [5, 5.41) is 10.2. The standard InChI is InChI=1S/C11H10Cl2N4O3S2/c1-2-14-22(19,20)11-17-16-10(21-11)15-9(18)7-4-3-6(12)5-8(7)13/h3-5,14H,2H2,1H3,(H,15,16,18). The Hall–Kier alpha value is -1.26. The van der Waals surface area contributed by atoms with Crippen molar-refractivity contribution in [2.24, 2.45) is 0 Å². The quantitative estimate of drug-likeness (QED) is 0.775. The molecule has 0 spiro atoms. The molecule has 0 atom stereocenters. The summed E-state index contributed by atoms with van der Waals surface area (Å²) < 4.78 is 25.5. The summed E-state index contributed by atoms with van der Waals surface area (Å²) in [5.41, 5.74) is 0.192. The van der Waals surface area contributed by atoms with Crippen LogP contribution in [0.5, 0.6) is 0 Å². The van der Waals surface area contributed by atoms with E-state index < -0.39 is 15.9 Å². The number of amides is 1. The van der Waals surface area contributed by atoms with E-state index in [2.05, 4.69) is 20.2 Å². The summed E-state index contributed by atoms with van der Waals surface area (Å²) in [6, 6.07) is 4.40. The van der Waals surface area contributed by atoms with Crippen molar-refractivity contribution in [3.05, 3.63) is 33.8 Å². The first-order valence-electron chi connectivity index (χ1n) is 5.93. The van der Waals surface area contributed by atoms with Gasteiger partial charge in [-0.2, -0.15) is 0 Å². The lowest BCUT2D eigenvalue weighted by molar-refractivity contribution is 0.102. The van der Waals surface area contributed by atoms with E-state index in [-0.39, 0.29) is 26.6 Å². The van der Waals surface area contributed by atoms with Gasteiger partial charge in [0, 0.05) is 11.6 Å². The van der Waals surface area contributed by atoms with Gasteiger partial charge in [0.05, 0.1) is 10.6 Å². The maximum atomic E-state index is 12.1.